The molecular weight excluding hydrogens is 128 g/mol. The number of methoxy groups -OCH3 is 1. The van der Waals surface area contributed by atoms with Crippen LogP contribution in [-0.4, -0.2) is 16.9 Å². The van der Waals surface area contributed by atoms with Crippen molar-refractivity contribution in [2.75, 3.05) is 7.11 Å². The molecule has 0 aromatic carbocycles. The van der Waals surface area contributed by atoms with Crippen LogP contribution in [0.1, 0.15) is 5.69 Å². The minimum Gasteiger partial charge on any atom is -0.504 e. The van der Waals surface area contributed by atoms with Gasteiger partial charge in [0.15, 0.2) is 0 Å². The lowest BCUT2D eigenvalue weighted by Gasteiger charge is -1.92. The van der Waals surface area contributed by atoms with E-state index in [1.54, 1.807) is 24.3 Å². The van der Waals surface area contributed by atoms with Crippen LogP contribution in [0.4, 0.5) is 0 Å². The monoisotopic (exact) mass is 138 g/mol. The Labute approximate surface area is 59.9 Å². The number of ether oxygens (including phenoxy) is 1. The fourth-order valence-electron chi connectivity index (χ4n) is 0.685. The first-order valence-electron chi connectivity index (χ1n) is 3.02. The van der Waals surface area contributed by atoms with Crippen molar-refractivity contribution in [1.82, 2.24) is 9.78 Å². The summed E-state index contributed by atoms with van der Waals surface area (Å²) >= 11 is 0. The fourth-order valence-corrected chi connectivity index (χ4v) is 0.685. The van der Waals surface area contributed by atoms with E-state index in [4.69, 9.17) is 4.74 Å². The zero-order chi connectivity index (χ0) is 7.40. The number of aryl methyl sites for hydroxylation is 1. The van der Waals surface area contributed by atoms with Gasteiger partial charge < -0.3 is 4.74 Å². The molecule has 0 aliphatic heterocycles. The molecule has 0 fully saturated rings. The van der Waals surface area contributed by atoms with Crippen molar-refractivity contribution >= 4 is 6.08 Å². The highest BCUT2D eigenvalue weighted by Crippen LogP contribution is 1.97. The summed E-state index contributed by atoms with van der Waals surface area (Å²) in [5.74, 6) is 0. The Balaban J connectivity index is 2.74. The zero-order valence-corrected chi connectivity index (χ0v) is 6.11. The average molecular weight is 138 g/mol. The molecule has 3 nitrogen and oxygen atoms in total. The van der Waals surface area contributed by atoms with E-state index < -0.39 is 0 Å². The highest BCUT2D eigenvalue weighted by atomic mass is 16.5. The number of rotatable bonds is 2. The van der Waals surface area contributed by atoms with E-state index in [0.717, 1.165) is 5.69 Å². The van der Waals surface area contributed by atoms with Crippen LogP contribution in [-0.2, 0) is 11.8 Å². The van der Waals surface area contributed by atoms with E-state index in [1.165, 1.54) is 0 Å². The molecule has 1 aromatic heterocycles. The summed E-state index contributed by atoms with van der Waals surface area (Å²) in [5, 5.41) is 3.98. The maximum absolute atomic E-state index is 4.75. The van der Waals surface area contributed by atoms with Crippen LogP contribution >= 0.6 is 0 Å². The molecule has 0 atom stereocenters. The molecule has 0 amide bonds. The molecule has 0 radical (unpaired) electrons. The number of hydrogen-bond acceptors (Lipinski definition) is 2. The van der Waals surface area contributed by atoms with Crippen molar-refractivity contribution in [3.8, 4) is 0 Å². The Kier molecular flexibility index (Phi) is 2.10. The molecule has 0 saturated carbocycles. The summed E-state index contributed by atoms with van der Waals surface area (Å²) in [7, 11) is 3.50. The molecule has 3 heteroatoms. The van der Waals surface area contributed by atoms with Crippen molar-refractivity contribution in [2.24, 2.45) is 7.05 Å². The van der Waals surface area contributed by atoms with E-state index in [2.05, 4.69) is 5.10 Å². The number of nitrogens with zero attached hydrogens (tertiary/aromatic N) is 2. The topological polar surface area (TPSA) is 27.1 Å². The van der Waals surface area contributed by atoms with Crippen molar-refractivity contribution in [3.63, 3.8) is 0 Å². The summed E-state index contributed by atoms with van der Waals surface area (Å²) in [4.78, 5) is 0. The van der Waals surface area contributed by atoms with Crippen LogP contribution in [0.15, 0.2) is 18.5 Å². The SMILES string of the molecule is COC=Cc1ccnn1C. The van der Waals surface area contributed by atoms with Crippen LogP contribution in [0.3, 0.4) is 0 Å². The van der Waals surface area contributed by atoms with Gasteiger partial charge in [-0.25, -0.2) is 0 Å². The zero-order valence-electron chi connectivity index (χ0n) is 6.11. The molecule has 0 unspecified atom stereocenters. The second-order valence-corrected chi connectivity index (χ2v) is 1.92. The maximum Gasteiger partial charge on any atom is 0.0845 e. The lowest BCUT2D eigenvalue weighted by molar-refractivity contribution is 0.341. The van der Waals surface area contributed by atoms with Crippen LogP contribution < -0.4 is 0 Å². The second-order valence-electron chi connectivity index (χ2n) is 1.92. The first kappa shape index (κ1) is 6.86. The quantitative estimate of drug-likeness (QED) is 0.571. The average Bonchev–Trinajstić information content (AvgIpc) is 2.31. The van der Waals surface area contributed by atoms with Gasteiger partial charge in [0.2, 0.25) is 0 Å². The third-order valence-corrected chi connectivity index (χ3v) is 1.23. The number of hydrogen-bond donors (Lipinski definition) is 0. The molecule has 54 valence electrons. The molecule has 1 aromatic rings. The standard InChI is InChI=1S/C7H10N2O/c1-9-7(3-5-8-9)4-6-10-2/h3-6H,1-2H3. The first-order valence-corrected chi connectivity index (χ1v) is 3.02. The summed E-state index contributed by atoms with van der Waals surface area (Å²) in [6, 6.07) is 1.91. The summed E-state index contributed by atoms with van der Waals surface area (Å²) < 4.78 is 6.52. The summed E-state index contributed by atoms with van der Waals surface area (Å²) in [5.41, 5.74) is 1.03. The fraction of sp³-hybridized carbons (Fsp3) is 0.286. The largest absolute Gasteiger partial charge is 0.504 e. The van der Waals surface area contributed by atoms with Crippen LogP contribution in [0, 0.1) is 0 Å². The van der Waals surface area contributed by atoms with Gasteiger partial charge in [0.25, 0.3) is 0 Å². The second kappa shape index (κ2) is 3.06. The third-order valence-electron chi connectivity index (χ3n) is 1.23. The van der Waals surface area contributed by atoms with Gasteiger partial charge in [-0.15, -0.1) is 0 Å². The van der Waals surface area contributed by atoms with Crippen molar-refractivity contribution in [1.29, 1.82) is 0 Å². The molecule has 1 heterocycles. The van der Waals surface area contributed by atoms with E-state index in [1.807, 2.05) is 19.2 Å². The highest BCUT2D eigenvalue weighted by Gasteiger charge is 1.89. The van der Waals surface area contributed by atoms with E-state index >= 15 is 0 Å². The molecule has 10 heavy (non-hydrogen) atoms. The molecule has 0 aliphatic rings. The van der Waals surface area contributed by atoms with Gasteiger partial charge in [0.05, 0.1) is 19.1 Å². The van der Waals surface area contributed by atoms with E-state index in [0.29, 0.717) is 0 Å². The molecule has 0 bridgehead atoms. The van der Waals surface area contributed by atoms with E-state index in [9.17, 15) is 0 Å². The maximum atomic E-state index is 4.75. The summed E-state index contributed by atoms with van der Waals surface area (Å²) in [6.07, 6.45) is 5.22. The Bertz CT molecular complexity index is 227. The Morgan fingerprint density at radius 1 is 1.70 bits per heavy atom. The van der Waals surface area contributed by atoms with Crippen LogP contribution in [0.5, 0.6) is 0 Å². The predicted molar refractivity (Wildman–Crippen MR) is 39.3 cm³/mol. The van der Waals surface area contributed by atoms with Gasteiger partial charge >= 0.3 is 0 Å². The van der Waals surface area contributed by atoms with Crippen LogP contribution in [0.2, 0.25) is 0 Å². The molecule has 0 aliphatic carbocycles. The first-order chi connectivity index (χ1) is 4.84. The van der Waals surface area contributed by atoms with E-state index in [-0.39, 0.29) is 0 Å². The Morgan fingerprint density at radius 2 is 2.50 bits per heavy atom. The van der Waals surface area contributed by atoms with Gasteiger partial charge in [0, 0.05) is 13.2 Å². The molecule has 0 N–H and O–H groups in total. The lowest BCUT2D eigenvalue weighted by Crippen LogP contribution is -1.91. The van der Waals surface area contributed by atoms with Gasteiger partial charge in [-0.1, -0.05) is 0 Å². The highest BCUT2D eigenvalue weighted by molar-refractivity contribution is 5.42. The van der Waals surface area contributed by atoms with Gasteiger partial charge in [-0.05, 0) is 12.1 Å². The Hall–Kier alpha value is -1.25. The van der Waals surface area contributed by atoms with Crippen molar-refractivity contribution in [3.05, 3.63) is 24.2 Å². The normalized spacial score (nSPS) is 10.6. The number of aromatic nitrogens is 2. The lowest BCUT2D eigenvalue weighted by atomic mass is 10.4. The van der Waals surface area contributed by atoms with Crippen molar-refractivity contribution < 1.29 is 4.74 Å². The van der Waals surface area contributed by atoms with Gasteiger partial charge in [-0.3, -0.25) is 4.68 Å². The van der Waals surface area contributed by atoms with Gasteiger partial charge in [0.1, 0.15) is 0 Å². The minimum atomic E-state index is 1.03. The van der Waals surface area contributed by atoms with Crippen LogP contribution in [0.25, 0.3) is 6.08 Å². The molecule has 0 spiro atoms. The smallest absolute Gasteiger partial charge is 0.0845 e. The predicted octanol–water partition coefficient (Wildman–Crippen LogP) is 1.04. The van der Waals surface area contributed by atoms with Crippen molar-refractivity contribution in [2.45, 2.75) is 0 Å². The molecular formula is C7H10N2O. The molecule has 1 rings (SSSR count). The Morgan fingerprint density at radius 3 is 3.00 bits per heavy atom. The summed E-state index contributed by atoms with van der Waals surface area (Å²) in [6.45, 7) is 0. The third kappa shape index (κ3) is 1.37. The minimum absolute atomic E-state index is 1.03. The van der Waals surface area contributed by atoms with Gasteiger partial charge in [-0.2, -0.15) is 5.10 Å². The molecule has 0 saturated heterocycles.